The molecule has 0 saturated heterocycles. The summed E-state index contributed by atoms with van der Waals surface area (Å²) in [4.78, 5) is 11.4. The fourth-order valence-corrected chi connectivity index (χ4v) is 2.49. The van der Waals surface area contributed by atoms with Gasteiger partial charge in [0.15, 0.2) is 0 Å². The van der Waals surface area contributed by atoms with Gasteiger partial charge < -0.3 is 9.67 Å². The van der Waals surface area contributed by atoms with Crippen LogP contribution in [0.3, 0.4) is 0 Å². The summed E-state index contributed by atoms with van der Waals surface area (Å²) in [6, 6.07) is 4.20. The third-order valence-corrected chi connectivity index (χ3v) is 3.64. The molecule has 0 fully saturated rings. The van der Waals surface area contributed by atoms with Gasteiger partial charge in [-0.3, -0.25) is 4.79 Å². The maximum absolute atomic E-state index is 11.4. The van der Waals surface area contributed by atoms with Crippen LogP contribution in [0.4, 0.5) is 0 Å². The van der Waals surface area contributed by atoms with Crippen molar-refractivity contribution in [2.45, 2.75) is 33.1 Å². The highest BCUT2D eigenvalue weighted by Gasteiger charge is 2.33. The van der Waals surface area contributed by atoms with Crippen molar-refractivity contribution < 1.29 is 9.90 Å². The first-order valence-corrected chi connectivity index (χ1v) is 6.05. The van der Waals surface area contributed by atoms with Gasteiger partial charge in [0.1, 0.15) is 0 Å². The zero-order valence-corrected chi connectivity index (χ0v) is 11.5. The monoisotopic (exact) mass is 245 g/mol. The van der Waals surface area contributed by atoms with Gasteiger partial charge in [0.05, 0.1) is 5.41 Å². The predicted molar refractivity (Wildman–Crippen MR) is 73.1 cm³/mol. The molecule has 0 atom stereocenters. The van der Waals surface area contributed by atoms with E-state index in [1.807, 2.05) is 24.7 Å². The number of fused-ring (bicyclic) bond motifs is 1. The number of hydrogen-bond acceptors (Lipinski definition) is 1. The largest absolute Gasteiger partial charge is 0.481 e. The summed E-state index contributed by atoms with van der Waals surface area (Å²) in [7, 11) is 1.96. The van der Waals surface area contributed by atoms with Gasteiger partial charge in [-0.15, -0.1) is 0 Å². The Morgan fingerprint density at radius 3 is 2.44 bits per heavy atom. The molecule has 96 valence electrons. The van der Waals surface area contributed by atoms with Crippen LogP contribution in [-0.4, -0.2) is 15.6 Å². The van der Waals surface area contributed by atoms with Crippen LogP contribution in [0.2, 0.25) is 0 Å². The zero-order chi connectivity index (χ0) is 13.7. The minimum atomic E-state index is -0.875. The van der Waals surface area contributed by atoms with Gasteiger partial charge in [-0.25, -0.2) is 0 Å². The molecule has 18 heavy (non-hydrogen) atoms. The van der Waals surface area contributed by atoms with E-state index in [1.54, 1.807) is 13.8 Å². The van der Waals surface area contributed by atoms with Crippen molar-refractivity contribution in [3.63, 3.8) is 0 Å². The first-order chi connectivity index (χ1) is 8.25. The minimum absolute atomic E-state index is 0.796. The van der Waals surface area contributed by atoms with E-state index >= 15 is 0 Å². The molecule has 3 heteroatoms. The number of carbonyl (C=O) groups is 1. The fourth-order valence-electron chi connectivity index (χ4n) is 2.49. The van der Waals surface area contributed by atoms with E-state index in [-0.39, 0.29) is 0 Å². The summed E-state index contributed by atoms with van der Waals surface area (Å²) in [6.45, 7) is 7.60. The average molecular weight is 245 g/mol. The van der Waals surface area contributed by atoms with Crippen molar-refractivity contribution in [3.8, 4) is 0 Å². The van der Waals surface area contributed by atoms with Crippen molar-refractivity contribution in [1.82, 2.24) is 4.57 Å². The Balaban J connectivity index is 2.86. The highest BCUT2D eigenvalue weighted by atomic mass is 16.4. The maximum Gasteiger partial charge on any atom is 0.313 e. The number of aromatic nitrogens is 1. The lowest BCUT2D eigenvalue weighted by Gasteiger charge is -2.19. The Bertz CT molecular complexity index is 635. The molecule has 0 saturated carbocycles. The summed E-state index contributed by atoms with van der Waals surface area (Å²) >= 11 is 0. The smallest absolute Gasteiger partial charge is 0.313 e. The van der Waals surface area contributed by atoms with Gasteiger partial charge in [-0.2, -0.15) is 0 Å². The summed E-state index contributed by atoms with van der Waals surface area (Å²) in [5.74, 6) is -0.796. The number of carboxylic acids is 1. The highest BCUT2D eigenvalue weighted by molar-refractivity contribution is 5.94. The Labute approximate surface area is 107 Å². The molecule has 0 unspecified atom stereocenters. The van der Waals surface area contributed by atoms with E-state index in [4.69, 9.17) is 0 Å². The van der Waals surface area contributed by atoms with Crippen LogP contribution in [0.1, 0.15) is 30.5 Å². The van der Waals surface area contributed by atoms with Crippen molar-refractivity contribution in [1.29, 1.82) is 0 Å². The lowest BCUT2D eigenvalue weighted by Crippen LogP contribution is -2.28. The van der Waals surface area contributed by atoms with E-state index in [2.05, 4.69) is 19.1 Å². The normalized spacial score (nSPS) is 12.1. The molecule has 1 aromatic carbocycles. The summed E-state index contributed by atoms with van der Waals surface area (Å²) in [5.41, 5.74) is 3.43. The number of hydrogen-bond donors (Lipinski definition) is 1. The molecular weight excluding hydrogens is 226 g/mol. The number of rotatable bonds is 2. The maximum atomic E-state index is 11.4. The van der Waals surface area contributed by atoms with Crippen LogP contribution >= 0.6 is 0 Å². The van der Waals surface area contributed by atoms with Gasteiger partial charge in [-0.1, -0.05) is 6.07 Å². The standard InChI is InChI=1S/C15H19NO2/c1-9-6-10(2)13-11(15(3,4)14(17)18)8-16(5)12(13)7-9/h6-8H,1-5H3,(H,17,18). The first-order valence-electron chi connectivity index (χ1n) is 6.05. The number of carboxylic acid groups (broad SMARTS) is 1. The first kappa shape index (κ1) is 12.7. The molecule has 0 aliphatic carbocycles. The van der Waals surface area contributed by atoms with E-state index in [0.717, 1.165) is 22.0 Å². The molecule has 1 N–H and O–H groups in total. The Hall–Kier alpha value is -1.77. The molecule has 3 nitrogen and oxygen atoms in total. The van der Waals surface area contributed by atoms with Crippen molar-refractivity contribution in [3.05, 3.63) is 35.0 Å². The zero-order valence-electron chi connectivity index (χ0n) is 11.5. The van der Waals surface area contributed by atoms with E-state index in [9.17, 15) is 9.90 Å². The van der Waals surface area contributed by atoms with Gasteiger partial charge >= 0.3 is 5.97 Å². The van der Waals surface area contributed by atoms with E-state index in [1.165, 1.54) is 5.56 Å². The molecule has 0 spiro atoms. The van der Waals surface area contributed by atoms with Gasteiger partial charge in [0.2, 0.25) is 0 Å². The Morgan fingerprint density at radius 1 is 1.28 bits per heavy atom. The SMILES string of the molecule is Cc1cc(C)c2c(C(C)(C)C(=O)O)cn(C)c2c1. The molecule has 1 aromatic heterocycles. The van der Waals surface area contributed by atoms with Crippen LogP contribution in [0.25, 0.3) is 10.9 Å². The average Bonchev–Trinajstić information content (AvgIpc) is 2.57. The van der Waals surface area contributed by atoms with Crippen LogP contribution in [0.15, 0.2) is 18.3 Å². The minimum Gasteiger partial charge on any atom is -0.481 e. The highest BCUT2D eigenvalue weighted by Crippen LogP contribution is 2.34. The topological polar surface area (TPSA) is 42.2 Å². The Kier molecular flexibility index (Phi) is 2.73. The van der Waals surface area contributed by atoms with Gasteiger partial charge in [0, 0.05) is 24.1 Å². The molecule has 2 aromatic rings. The number of nitrogens with zero attached hydrogens (tertiary/aromatic N) is 1. The molecular formula is C15H19NO2. The quantitative estimate of drug-likeness (QED) is 0.883. The van der Waals surface area contributed by atoms with Gasteiger partial charge in [0.25, 0.3) is 0 Å². The predicted octanol–water partition coefficient (Wildman–Crippen LogP) is 3.16. The second kappa shape index (κ2) is 3.87. The fraction of sp³-hybridized carbons (Fsp3) is 0.400. The summed E-state index contributed by atoms with van der Waals surface area (Å²) in [5, 5.41) is 10.5. The molecule has 0 aliphatic heterocycles. The number of benzene rings is 1. The van der Waals surface area contributed by atoms with Crippen LogP contribution in [0, 0.1) is 13.8 Å². The molecule has 0 aliphatic rings. The molecule has 0 bridgehead atoms. The Morgan fingerprint density at radius 2 is 1.89 bits per heavy atom. The third-order valence-electron chi connectivity index (χ3n) is 3.64. The van der Waals surface area contributed by atoms with Crippen molar-refractivity contribution >= 4 is 16.9 Å². The molecule has 0 amide bonds. The second-order valence-corrected chi connectivity index (χ2v) is 5.56. The van der Waals surface area contributed by atoms with Gasteiger partial charge in [-0.05, 0) is 50.5 Å². The van der Waals surface area contributed by atoms with E-state index in [0.29, 0.717) is 0 Å². The van der Waals surface area contributed by atoms with Crippen molar-refractivity contribution in [2.75, 3.05) is 0 Å². The molecule has 1 heterocycles. The van der Waals surface area contributed by atoms with Crippen LogP contribution < -0.4 is 0 Å². The molecule has 0 radical (unpaired) electrons. The second-order valence-electron chi connectivity index (χ2n) is 5.56. The summed E-state index contributed by atoms with van der Waals surface area (Å²) < 4.78 is 2.01. The third kappa shape index (κ3) is 1.70. The van der Waals surface area contributed by atoms with Crippen LogP contribution in [-0.2, 0) is 17.3 Å². The van der Waals surface area contributed by atoms with Crippen LogP contribution in [0.5, 0.6) is 0 Å². The lowest BCUT2D eigenvalue weighted by molar-refractivity contribution is -0.142. The number of aliphatic carboxylic acids is 1. The lowest BCUT2D eigenvalue weighted by atomic mass is 9.83. The molecule has 2 rings (SSSR count). The van der Waals surface area contributed by atoms with Crippen molar-refractivity contribution in [2.24, 2.45) is 7.05 Å². The number of aryl methyl sites for hydroxylation is 3. The van der Waals surface area contributed by atoms with E-state index < -0.39 is 11.4 Å². The summed E-state index contributed by atoms with van der Waals surface area (Å²) in [6.07, 6.45) is 1.94.